The fourth-order valence-electron chi connectivity index (χ4n) is 2.28. The topological polar surface area (TPSA) is 77.8 Å². The van der Waals surface area contributed by atoms with E-state index in [0.29, 0.717) is 23.0 Å². The Balaban J connectivity index is 1.98. The van der Waals surface area contributed by atoms with E-state index >= 15 is 0 Å². The highest BCUT2D eigenvalue weighted by Gasteiger charge is 2.07. The van der Waals surface area contributed by atoms with Crippen LogP contribution in [0, 0.1) is 6.92 Å². The monoisotopic (exact) mass is 281 g/mol. The van der Waals surface area contributed by atoms with E-state index < -0.39 is 0 Å². The van der Waals surface area contributed by atoms with Crippen molar-refractivity contribution in [2.45, 2.75) is 13.5 Å². The first-order chi connectivity index (χ1) is 10.1. The average Bonchev–Trinajstić information content (AvgIpc) is 2.50. The lowest BCUT2D eigenvalue weighted by atomic mass is 10.1. The second-order valence-electron chi connectivity index (χ2n) is 4.98. The molecule has 0 aliphatic carbocycles. The highest BCUT2D eigenvalue weighted by atomic mass is 16.1. The molecular weight excluding hydrogens is 266 g/mol. The molecule has 0 bridgehead atoms. The molecule has 106 valence electrons. The summed E-state index contributed by atoms with van der Waals surface area (Å²) in [6, 6.07) is 13.3. The van der Waals surface area contributed by atoms with Gasteiger partial charge in [-0.1, -0.05) is 35.9 Å². The zero-order valence-corrected chi connectivity index (χ0v) is 11.6. The minimum Gasteiger partial charge on any atom is -0.380 e. The molecule has 0 fully saturated rings. The van der Waals surface area contributed by atoms with E-state index in [0.717, 1.165) is 5.56 Å². The summed E-state index contributed by atoms with van der Waals surface area (Å²) in [6.07, 6.45) is 0. The molecule has 5 nitrogen and oxygen atoms in total. The minimum atomic E-state index is -0.309. The predicted molar refractivity (Wildman–Crippen MR) is 83.7 cm³/mol. The molecule has 0 radical (unpaired) electrons. The van der Waals surface area contributed by atoms with Crippen molar-refractivity contribution in [3.8, 4) is 0 Å². The summed E-state index contributed by atoms with van der Waals surface area (Å²) in [4.78, 5) is 23.7. The predicted octanol–water partition coefficient (Wildman–Crippen LogP) is 2.14. The molecule has 21 heavy (non-hydrogen) atoms. The van der Waals surface area contributed by atoms with E-state index in [1.165, 1.54) is 5.56 Å². The number of fused-ring (bicyclic) bond motifs is 1. The zero-order valence-electron chi connectivity index (χ0n) is 11.6. The number of H-pyrrole nitrogens is 2. The molecule has 0 saturated carbocycles. The second kappa shape index (κ2) is 5.28. The van der Waals surface area contributed by atoms with Gasteiger partial charge in [0, 0.05) is 12.2 Å². The van der Waals surface area contributed by atoms with Gasteiger partial charge in [-0.3, -0.25) is 19.8 Å². The van der Waals surface area contributed by atoms with Gasteiger partial charge >= 0.3 is 0 Å². The number of rotatable bonds is 3. The van der Waals surface area contributed by atoms with Crippen molar-refractivity contribution >= 4 is 16.5 Å². The molecule has 0 spiro atoms. The lowest BCUT2D eigenvalue weighted by Gasteiger charge is -2.09. The molecule has 5 heteroatoms. The number of nitrogens with one attached hydrogen (secondary N) is 3. The molecule has 1 heterocycles. The summed E-state index contributed by atoms with van der Waals surface area (Å²) >= 11 is 0. The van der Waals surface area contributed by atoms with Crippen LogP contribution in [0.2, 0.25) is 0 Å². The van der Waals surface area contributed by atoms with Gasteiger partial charge in [0.15, 0.2) is 0 Å². The van der Waals surface area contributed by atoms with Crippen molar-refractivity contribution in [1.29, 1.82) is 0 Å². The van der Waals surface area contributed by atoms with Gasteiger partial charge in [0.25, 0.3) is 11.1 Å². The summed E-state index contributed by atoms with van der Waals surface area (Å²) in [5.41, 5.74) is 2.35. The quantitative estimate of drug-likeness (QED) is 0.688. The Labute approximate surface area is 120 Å². The maximum Gasteiger partial charge on any atom is 0.272 e. The molecule has 0 unspecified atom stereocenters. The van der Waals surface area contributed by atoms with Crippen molar-refractivity contribution in [2.24, 2.45) is 0 Å². The van der Waals surface area contributed by atoms with E-state index in [2.05, 4.69) is 15.5 Å². The number of hydrogen-bond acceptors (Lipinski definition) is 3. The zero-order chi connectivity index (χ0) is 14.8. The first-order valence-corrected chi connectivity index (χ1v) is 6.68. The van der Waals surface area contributed by atoms with Gasteiger partial charge in [0.05, 0.1) is 10.8 Å². The summed E-state index contributed by atoms with van der Waals surface area (Å²) < 4.78 is 0. The van der Waals surface area contributed by atoms with Gasteiger partial charge in [-0.05, 0) is 24.6 Å². The molecule has 0 saturated heterocycles. The fourth-order valence-corrected chi connectivity index (χ4v) is 2.28. The SMILES string of the molecule is Cc1ccc(CNc2cccc3c(=O)[nH][nH]c(=O)c23)cc1. The average molecular weight is 281 g/mol. The van der Waals surface area contributed by atoms with Crippen LogP contribution >= 0.6 is 0 Å². The van der Waals surface area contributed by atoms with Crippen LogP contribution < -0.4 is 16.4 Å². The summed E-state index contributed by atoms with van der Waals surface area (Å²) in [5, 5.41) is 8.67. The van der Waals surface area contributed by atoms with Gasteiger partial charge in [0.2, 0.25) is 0 Å². The Morgan fingerprint density at radius 1 is 0.952 bits per heavy atom. The van der Waals surface area contributed by atoms with Crippen LogP contribution in [-0.4, -0.2) is 10.2 Å². The van der Waals surface area contributed by atoms with Gasteiger partial charge in [-0.25, -0.2) is 0 Å². The number of aromatic amines is 2. The third-order valence-electron chi connectivity index (χ3n) is 3.43. The van der Waals surface area contributed by atoms with Gasteiger partial charge in [-0.15, -0.1) is 0 Å². The molecule has 0 atom stereocenters. The van der Waals surface area contributed by atoms with Crippen molar-refractivity contribution in [3.05, 3.63) is 74.3 Å². The Bertz CT molecular complexity index is 892. The first kappa shape index (κ1) is 13.2. The molecule has 1 aromatic heterocycles. The van der Waals surface area contributed by atoms with Crippen molar-refractivity contribution in [2.75, 3.05) is 5.32 Å². The normalized spacial score (nSPS) is 10.7. The lowest BCUT2D eigenvalue weighted by Crippen LogP contribution is -2.20. The molecule has 2 aromatic carbocycles. The molecule has 0 aliphatic rings. The largest absolute Gasteiger partial charge is 0.380 e. The summed E-state index contributed by atoms with van der Waals surface area (Å²) in [5.74, 6) is 0. The van der Waals surface area contributed by atoms with Gasteiger partial charge < -0.3 is 5.32 Å². The summed E-state index contributed by atoms with van der Waals surface area (Å²) in [7, 11) is 0. The molecule has 3 rings (SSSR count). The number of aromatic nitrogens is 2. The van der Waals surface area contributed by atoms with Crippen molar-refractivity contribution in [3.63, 3.8) is 0 Å². The standard InChI is InChI=1S/C16H15N3O2/c1-10-5-7-11(8-6-10)9-17-13-4-2-3-12-14(13)16(21)19-18-15(12)20/h2-8,17H,9H2,1H3,(H,18,20)(H,19,21). The summed E-state index contributed by atoms with van der Waals surface area (Å²) in [6.45, 7) is 2.62. The number of hydrogen-bond donors (Lipinski definition) is 3. The van der Waals surface area contributed by atoms with Gasteiger partial charge in [-0.2, -0.15) is 0 Å². The van der Waals surface area contributed by atoms with Crippen LogP contribution in [0.4, 0.5) is 5.69 Å². The van der Waals surface area contributed by atoms with Crippen LogP contribution in [0.25, 0.3) is 10.8 Å². The molecule has 3 N–H and O–H groups in total. The van der Waals surface area contributed by atoms with E-state index in [4.69, 9.17) is 0 Å². The minimum absolute atomic E-state index is 0.302. The Morgan fingerprint density at radius 2 is 1.67 bits per heavy atom. The fraction of sp³-hybridized carbons (Fsp3) is 0.125. The Kier molecular flexibility index (Phi) is 3.31. The number of anilines is 1. The third kappa shape index (κ3) is 2.58. The highest BCUT2D eigenvalue weighted by molar-refractivity contribution is 5.92. The van der Waals surface area contributed by atoms with E-state index in [9.17, 15) is 9.59 Å². The van der Waals surface area contributed by atoms with Crippen LogP contribution in [0.5, 0.6) is 0 Å². The van der Waals surface area contributed by atoms with Crippen LogP contribution in [0.3, 0.4) is 0 Å². The van der Waals surface area contributed by atoms with Crippen LogP contribution in [-0.2, 0) is 6.54 Å². The molecule has 0 amide bonds. The Hall–Kier alpha value is -2.82. The Morgan fingerprint density at radius 3 is 2.43 bits per heavy atom. The van der Waals surface area contributed by atoms with Gasteiger partial charge in [0.1, 0.15) is 0 Å². The van der Waals surface area contributed by atoms with E-state index in [1.54, 1.807) is 18.2 Å². The van der Waals surface area contributed by atoms with E-state index in [-0.39, 0.29) is 11.1 Å². The molecular formula is C16H15N3O2. The van der Waals surface area contributed by atoms with Crippen molar-refractivity contribution < 1.29 is 0 Å². The maximum atomic E-state index is 11.9. The first-order valence-electron chi connectivity index (χ1n) is 6.68. The smallest absolute Gasteiger partial charge is 0.272 e. The number of aryl methyl sites for hydroxylation is 1. The van der Waals surface area contributed by atoms with E-state index in [1.807, 2.05) is 31.2 Å². The number of benzene rings is 2. The van der Waals surface area contributed by atoms with Crippen LogP contribution in [0.15, 0.2) is 52.1 Å². The lowest BCUT2D eigenvalue weighted by molar-refractivity contribution is 0.976. The van der Waals surface area contributed by atoms with Crippen molar-refractivity contribution in [1.82, 2.24) is 10.2 Å². The molecule has 0 aliphatic heterocycles. The second-order valence-corrected chi connectivity index (χ2v) is 4.98. The third-order valence-corrected chi connectivity index (χ3v) is 3.43. The maximum absolute atomic E-state index is 11.9. The van der Waals surface area contributed by atoms with Crippen LogP contribution in [0.1, 0.15) is 11.1 Å². The highest BCUT2D eigenvalue weighted by Crippen LogP contribution is 2.17. The molecule has 3 aromatic rings.